The van der Waals surface area contributed by atoms with Gasteiger partial charge in [0.2, 0.25) is 5.91 Å². The lowest BCUT2D eigenvalue weighted by atomic mass is 10.0. The van der Waals surface area contributed by atoms with E-state index in [0.29, 0.717) is 13.0 Å². The van der Waals surface area contributed by atoms with E-state index in [9.17, 15) is 9.90 Å². The summed E-state index contributed by atoms with van der Waals surface area (Å²) < 4.78 is 0. The maximum atomic E-state index is 11.8. The second-order valence-electron chi connectivity index (χ2n) is 5.73. The molecule has 1 saturated carbocycles. The molecule has 20 heavy (non-hydrogen) atoms. The topological polar surface area (TPSA) is 49.3 Å². The summed E-state index contributed by atoms with van der Waals surface area (Å²) in [6.45, 7) is 2.76. The maximum absolute atomic E-state index is 11.8. The van der Waals surface area contributed by atoms with Gasteiger partial charge in [-0.3, -0.25) is 4.79 Å². The van der Waals surface area contributed by atoms with Crippen LogP contribution < -0.4 is 5.32 Å². The number of hydrogen-bond acceptors (Lipinski definition) is 2. The van der Waals surface area contributed by atoms with Crippen LogP contribution in [-0.4, -0.2) is 23.7 Å². The molecular weight excluding hydrogens is 250 g/mol. The van der Waals surface area contributed by atoms with E-state index in [0.717, 1.165) is 32.1 Å². The lowest BCUT2D eigenvalue weighted by molar-refractivity contribution is -0.121. The quantitative estimate of drug-likeness (QED) is 0.838. The third kappa shape index (κ3) is 4.34. The molecule has 1 aliphatic rings. The Morgan fingerprint density at radius 2 is 1.95 bits per heavy atom. The van der Waals surface area contributed by atoms with E-state index in [-0.39, 0.29) is 17.9 Å². The van der Waals surface area contributed by atoms with E-state index in [1.165, 1.54) is 11.1 Å². The van der Waals surface area contributed by atoms with Gasteiger partial charge in [0.15, 0.2) is 0 Å². The molecule has 2 unspecified atom stereocenters. The normalized spacial score (nSPS) is 21.9. The van der Waals surface area contributed by atoms with Crippen LogP contribution in [-0.2, 0) is 17.6 Å². The van der Waals surface area contributed by atoms with Gasteiger partial charge >= 0.3 is 0 Å². The number of aryl methyl sites for hydroxylation is 2. The van der Waals surface area contributed by atoms with Crippen LogP contribution in [0.5, 0.6) is 0 Å². The summed E-state index contributed by atoms with van der Waals surface area (Å²) >= 11 is 0. The summed E-state index contributed by atoms with van der Waals surface area (Å²) in [6.07, 6.45) is 5.11. The zero-order chi connectivity index (χ0) is 14.4. The Morgan fingerprint density at radius 3 is 2.55 bits per heavy atom. The number of amides is 1. The number of carbonyl (C=O) groups is 1. The lowest BCUT2D eigenvalue weighted by Gasteiger charge is -2.15. The average molecular weight is 275 g/mol. The Balaban J connectivity index is 1.69. The number of aliphatic hydroxyl groups is 1. The number of rotatable bonds is 6. The van der Waals surface area contributed by atoms with E-state index in [1.807, 2.05) is 0 Å². The Hall–Kier alpha value is -1.35. The number of carbonyl (C=O) groups excluding carboxylic acids is 1. The minimum Gasteiger partial charge on any atom is -0.393 e. The Morgan fingerprint density at radius 1 is 1.25 bits per heavy atom. The molecule has 3 heteroatoms. The van der Waals surface area contributed by atoms with Gasteiger partial charge in [-0.2, -0.15) is 0 Å². The highest BCUT2D eigenvalue weighted by molar-refractivity contribution is 5.76. The molecule has 1 aromatic carbocycles. The molecule has 1 aromatic rings. The van der Waals surface area contributed by atoms with E-state index in [4.69, 9.17) is 0 Å². The molecular formula is C17H25NO2. The fourth-order valence-corrected chi connectivity index (χ4v) is 2.79. The molecule has 2 atom stereocenters. The number of hydrogen-bond donors (Lipinski definition) is 2. The van der Waals surface area contributed by atoms with Crippen molar-refractivity contribution in [1.82, 2.24) is 5.32 Å². The van der Waals surface area contributed by atoms with Crippen molar-refractivity contribution in [3.8, 4) is 0 Å². The molecule has 1 amide bonds. The first kappa shape index (κ1) is 15.0. The van der Waals surface area contributed by atoms with Gasteiger partial charge in [0.1, 0.15) is 0 Å². The highest BCUT2D eigenvalue weighted by atomic mass is 16.3. The van der Waals surface area contributed by atoms with Gasteiger partial charge in [0.25, 0.3) is 0 Å². The van der Waals surface area contributed by atoms with Crippen molar-refractivity contribution in [2.24, 2.45) is 5.92 Å². The van der Waals surface area contributed by atoms with Gasteiger partial charge in [-0.25, -0.2) is 0 Å². The van der Waals surface area contributed by atoms with Gasteiger partial charge in [-0.15, -0.1) is 0 Å². The van der Waals surface area contributed by atoms with Crippen molar-refractivity contribution in [2.45, 2.75) is 51.6 Å². The molecule has 0 spiro atoms. The van der Waals surface area contributed by atoms with Crippen molar-refractivity contribution < 1.29 is 9.90 Å². The zero-order valence-electron chi connectivity index (χ0n) is 12.3. The number of aliphatic hydroxyl groups excluding tert-OH is 1. The number of nitrogens with one attached hydrogen (secondary N) is 1. The first-order valence-electron chi connectivity index (χ1n) is 7.71. The Bertz CT molecular complexity index is 427. The molecule has 0 saturated heterocycles. The first-order valence-corrected chi connectivity index (χ1v) is 7.71. The van der Waals surface area contributed by atoms with Crippen LogP contribution in [0, 0.1) is 5.92 Å². The summed E-state index contributed by atoms with van der Waals surface area (Å²) in [6, 6.07) is 8.46. The molecule has 0 bridgehead atoms. The second kappa shape index (κ2) is 7.44. The third-order valence-corrected chi connectivity index (χ3v) is 4.25. The highest BCUT2D eigenvalue weighted by Crippen LogP contribution is 2.24. The second-order valence-corrected chi connectivity index (χ2v) is 5.73. The standard InChI is InChI=1S/C17H25NO2/c1-2-13-6-8-14(9-7-13)10-11-17(20)18-12-15-4-3-5-16(15)19/h6-9,15-16,19H,2-5,10-12H2,1H3,(H,18,20). The monoisotopic (exact) mass is 275 g/mol. The minimum absolute atomic E-state index is 0.0867. The minimum atomic E-state index is -0.225. The summed E-state index contributed by atoms with van der Waals surface area (Å²) in [5.41, 5.74) is 2.53. The van der Waals surface area contributed by atoms with Gasteiger partial charge in [-0.05, 0) is 36.8 Å². The Labute approximate surface area is 121 Å². The lowest BCUT2D eigenvalue weighted by Crippen LogP contribution is -2.32. The fraction of sp³-hybridized carbons (Fsp3) is 0.588. The van der Waals surface area contributed by atoms with Gasteiger partial charge < -0.3 is 10.4 Å². The predicted octanol–water partition coefficient (Wildman–Crippen LogP) is 2.46. The molecule has 0 radical (unpaired) electrons. The molecule has 2 N–H and O–H groups in total. The first-order chi connectivity index (χ1) is 9.69. The molecule has 1 aliphatic carbocycles. The average Bonchev–Trinajstić information content (AvgIpc) is 2.89. The van der Waals surface area contributed by atoms with Gasteiger partial charge in [-0.1, -0.05) is 37.6 Å². The van der Waals surface area contributed by atoms with Crippen molar-refractivity contribution in [3.05, 3.63) is 35.4 Å². The molecule has 3 nitrogen and oxygen atoms in total. The molecule has 0 aliphatic heterocycles. The van der Waals surface area contributed by atoms with Crippen LogP contribution in [0.25, 0.3) is 0 Å². The molecule has 1 fully saturated rings. The molecule has 0 heterocycles. The molecule has 110 valence electrons. The highest BCUT2D eigenvalue weighted by Gasteiger charge is 2.25. The summed E-state index contributed by atoms with van der Waals surface area (Å²) in [4.78, 5) is 11.8. The van der Waals surface area contributed by atoms with Crippen LogP contribution in [0.2, 0.25) is 0 Å². The maximum Gasteiger partial charge on any atom is 0.220 e. The van der Waals surface area contributed by atoms with Crippen LogP contribution >= 0.6 is 0 Å². The summed E-state index contributed by atoms with van der Waals surface area (Å²) in [5.74, 6) is 0.339. The van der Waals surface area contributed by atoms with Gasteiger partial charge in [0.05, 0.1) is 6.10 Å². The van der Waals surface area contributed by atoms with Crippen molar-refractivity contribution in [2.75, 3.05) is 6.54 Å². The van der Waals surface area contributed by atoms with Crippen molar-refractivity contribution >= 4 is 5.91 Å². The van der Waals surface area contributed by atoms with E-state index in [1.54, 1.807) is 0 Å². The van der Waals surface area contributed by atoms with E-state index < -0.39 is 0 Å². The van der Waals surface area contributed by atoms with E-state index in [2.05, 4.69) is 36.5 Å². The fourth-order valence-electron chi connectivity index (χ4n) is 2.79. The van der Waals surface area contributed by atoms with E-state index >= 15 is 0 Å². The predicted molar refractivity (Wildman–Crippen MR) is 80.5 cm³/mol. The van der Waals surface area contributed by atoms with Crippen LogP contribution in [0.1, 0.15) is 43.7 Å². The van der Waals surface area contributed by atoms with Crippen molar-refractivity contribution in [3.63, 3.8) is 0 Å². The van der Waals surface area contributed by atoms with Gasteiger partial charge in [0, 0.05) is 18.9 Å². The SMILES string of the molecule is CCc1ccc(CCC(=O)NCC2CCCC2O)cc1. The van der Waals surface area contributed by atoms with Crippen molar-refractivity contribution in [1.29, 1.82) is 0 Å². The van der Waals surface area contributed by atoms with Crippen LogP contribution in [0.3, 0.4) is 0 Å². The third-order valence-electron chi connectivity index (χ3n) is 4.25. The summed E-state index contributed by atoms with van der Waals surface area (Å²) in [5, 5.41) is 12.7. The zero-order valence-corrected chi connectivity index (χ0v) is 12.3. The molecule has 0 aromatic heterocycles. The smallest absolute Gasteiger partial charge is 0.220 e. The summed E-state index contributed by atoms with van der Waals surface area (Å²) in [7, 11) is 0. The Kier molecular flexibility index (Phi) is 5.60. The molecule has 2 rings (SSSR count). The van der Waals surface area contributed by atoms with Crippen LogP contribution in [0.4, 0.5) is 0 Å². The largest absolute Gasteiger partial charge is 0.393 e. The number of benzene rings is 1. The van der Waals surface area contributed by atoms with Crippen LogP contribution in [0.15, 0.2) is 24.3 Å².